The lowest BCUT2D eigenvalue weighted by molar-refractivity contribution is -0.107. The summed E-state index contributed by atoms with van der Waals surface area (Å²) in [6, 6.07) is 18.1. The molecule has 3 aromatic rings. The number of aryl methyl sites for hydroxylation is 1. The molecular weight excluding hydrogens is 424 g/mol. The fourth-order valence-electron chi connectivity index (χ4n) is 3.75. The number of rotatable bonds is 9. The van der Waals surface area contributed by atoms with Crippen molar-refractivity contribution >= 4 is 17.8 Å². The lowest BCUT2D eigenvalue weighted by Gasteiger charge is -2.24. The number of aliphatic hydroxyl groups is 1. The third-order valence-electron chi connectivity index (χ3n) is 5.92. The van der Waals surface area contributed by atoms with E-state index in [1.54, 1.807) is 18.3 Å². The van der Waals surface area contributed by atoms with Gasteiger partial charge < -0.3 is 10.4 Å². The maximum atomic E-state index is 13.6. The number of benzene rings is 2. The van der Waals surface area contributed by atoms with E-state index < -0.39 is 17.6 Å². The van der Waals surface area contributed by atoms with Gasteiger partial charge in [0.2, 0.25) is 0 Å². The zero-order chi connectivity index (χ0) is 24.8. The Hall–Kier alpha value is -3.73. The number of ketones is 1. The second-order valence-corrected chi connectivity index (χ2v) is 9.11. The molecule has 0 saturated carbocycles. The SMILES string of the molecule is Cc1ccc(NC(/C(C(=O)c2ccc(C(C)C)cc2)=C(/O)C=O)c2ccc(C(C)C)cc2)cn1. The van der Waals surface area contributed by atoms with E-state index in [-0.39, 0.29) is 5.57 Å². The molecule has 0 aliphatic rings. The lowest BCUT2D eigenvalue weighted by atomic mass is 9.89. The first-order valence-electron chi connectivity index (χ1n) is 11.5. The smallest absolute Gasteiger partial charge is 0.195 e. The standard InChI is InChI=1S/C29H32N2O3/c1-18(2)21-7-11-23(12-8-21)28(31-25-15-6-20(5)30-16-25)27(26(33)17-32)29(34)24-13-9-22(10-14-24)19(3)4/h6-19,28,31,33H,1-5H3/b27-26-. The Morgan fingerprint density at radius 3 is 1.85 bits per heavy atom. The minimum absolute atomic E-state index is 0.00910. The fraction of sp³-hybridized carbons (Fsp3) is 0.276. The molecule has 0 spiro atoms. The van der Waals surface area contributed by atoms with Crippen LogP contribution in [0.25, 0.3) is 0 Å². The van der Waals surface area contributed by atoms with E-state index in [0.29, 0.717) is 29.4 Å². The van der Waals surface area contributed by atoms with E-state index in [1.165, 1.54) is 0 Å². The molecule has 176 valence electrons. The Kier molecular flexibility index (Phi) is 8.00. The summed E-state index contributed by atoms with van der Waals surface area (Å²) in [6.07, 6.45) is 1.99. The van der Waals surface area contributed by atoms with Crippen LogP contribution < -0.4 is 5.32 Å². The van der Waals surface area contributed by atoms with Gasteiger partial charge in [-0.15, -0.1) is 0 Å². The van der Waals surface area contributed by atoms with Gasteiger partial charge in [0, 0.05) is 11.3 Å². The highest BCUT2D eigenvalue weighted by atomic mass is 16.3. The van der Waals surface area contributed by atoms with Gasteiger partial charge in [0.15, 0.2) is 17.8 Å². The Labute approximate surface area is 201 Å². The van der Waals surface area contributed by atoms with Gasteiger partial charge in [-0.25, -0.2) is 0 Å². The second kappa shape index (κ2) is 10.9. The van der Waals surface area contributed by atoms with Crippen molar-refractivity contribution in [3.63, 3.8) is 0 Å². The zero-order valence-corrected chi connectivity index (χ0v) is 20.4. The fourth-order valence-corrected chi connectivity index (χ4v) is 3.75. The predicted octanol–water partition coefficient (Wildman–Crippen LogP) is 6.68. The number of hydrogen-bond donors (Lipinski definition) is 2. The van der Waals surface area contributed by atoms with Gasteiger partial charge in [0.25, 0.3) is 0 Å². The average Bonchev–Trinajstić information content (AvgIpc) is 2.84. The first-order chi connectivity index (χ1) is 16.2. The number of nitrogens with one attached hydrogen (secondary N) is 1. The zero-order valence-electron chi connectivity index (χ0n) is 20.4. The number of pyridine rings is 1. The van der Waals surface area contributed by atoms with Gasteiger partial charge in [0.1, 0.15) is 0 Å². The molecule has 1 aromatic heterocycles. The van der Waals surface area contributed by atoms with E-state index in [4.69, 9.17) is 0 Å². The molecule has 5 heteroatoms. The maximum absolute atomic E-state index is 13.6. The molecule has 1 heterocycles. The second-order valence-electron chi connectivity index (χ2n) is 9.11. The number of aldehydes is 1. The van der Waals surface area contributed by atoms with Crippen LogP contribution in [0.15, 0.2) is 78.2 Å². The third kappa shape index (κ3) is 5.79. The van der Waals surface area contributed by atoms with Crippen molar-refractivity contribution in [2.24, 2.45) is 0 Å². The summed E-state index contributed by atoms with van der Waals surface area (Å²) in [5.74, 6) is -0.333. The monoisotopic (exact) mass is 456 g/mol. The molecule has 0 fully saturated rings. The molecule has 1 unspecified atom stereocenters. The van der Waals surface area contributed by atoms with Gasteiger partial charge >= 0.3 is 0 Å². The van der Waals surface area contributed by atoms with Crippen LogP contribution in [0.4, 0.5) is 5.69 Å². The van der Waals surface area contributed by atoms with Crippen LogP contribution >= 0.6 is 0 Å². The summed E-state index contributed by atoms with van der Waals surface area (Å²) in [5, 5.41) is 13.9. The number of hydrogen-bond acceptors (Lipinski definition) is 5. The molecular formula is C29H32N2O3. The minimum Gasteiger partial charge on any atom is -0.504 e. The highest BCUT2D eigenvalue weighted by Crippen LogP contribution is 2.32. The van der Waals surface area contributed by atoms with Crippen LogP contribution in [-0.4, -0.2) is 22.2 Å². The van der Waals surface area contributed by atoms with Crippen molar-refractivity contribution in [3.05, 3.63) is 106 Å². The largest absolute Gasteiger partial charge is 0.504 e. The molecule has 0 saturated heterocycles. The highest BCUT2D eigenvalue weighted by Gasteiger charge is 2.28. The van der Waals surface area contributed by atoms with Crippen LogP contribution in [0, 0.1) is 6.92 Å². The van der Waals surface area contributed by atoms with Gasteiger partial charge in [-0.3, -0.25) is 14.6 Å². The average molecular weight is 457 g/mol. The van der Waals surface area contributed by atoms with Crippen molar-refractivity contribution in [1.82, 2.24) is 4.98 Å². The lowest BCUT2D eigenvalue weighted by Crippen LogP contribution is -2.22. The molecule has 3 rings (SSSR count). The molecule has 5 nitrogen and oxygen atoms in total. The number of allylic oxidation sites excluding steroid dienone is 1. The normalized spacial score (nSPS) is 12.9. The third-order valence-corrected chi connectivity index (χ3v) is 5.92. The number of Topliss-reactive ketones (excluding diaryl/α,β-unsaturated/α-hetero) is 1. The predicted molar refractivity (Wildman–Crippen MR) is 136 cm³/mol. The summed E-state index contributed by atoms with van der Waals surface area (Å²) in [5.41, 5.74) is 4.93. The van der Waals surface area contributed by atoms with E-state index >= 15 is 0 Å². The van der Waals surface area contributed by atoms with Crippen molar-refractivity contribution < 1.29 is 14.7 Å². The number of carbonyl (C=O) groups is 2. The number of carbonyl (C=O) groups excluding carboxylic acids is 2. The molecule has 0 aliphatic carbocycles. The van der Waals surface area contributed by atoms with E-state index in [9.17, 15) is 14.7 Å². The molecule has 34 heavy (non-hydrogen) atoms. The molecule has 0 aliphatic heterocycles. The molecule has 2 aromatic carbocycles. The summed E-state index contributed by atoms with van der Waals surface area (Å²) in [4.78, 5) is 29.7. The van der Waals surface area contributed by atoms with Crippen LogP contribution in [0.2, 0.25) is 0 Å². The number of aliphatic hydroxyl groups excluding tert-OH is 1. The Bertz CT molecular complexity index is 1160. The van der Waals surface area contributed by atoms with Crippen molar-refractivity contribution in [2.75, 3.05) is 5.32 Å². The van der Waals surface area contributed by atoms with Crippen LogP contribution in [0.1, 0.15) is 78.3 Å². The Morgan fingerprint density at radius 2 is 1.38 bits per heavy atom. The maximum Gasteiger partial charge on any atom is 0.195 e. The van der Waals surface area contributed by atoms with Crippen LogP contribution in [-0.2, 0) is 4.79 Å². The molecule has 0 bridgehead atoms. The van der Waals surface area contributed by atoms with Gasteiger partial charge in [-0.05, 0) is 47.6 Å². The Balaban J connectivity index is 2.10. The van der Waals surface area contributed by atoms with Crippen LogP contribution in [0.3, 0.4) is 0 Å². The van der Waals surface area contributed by atoms with Crippen molar-refractivity contribution in [2.45, 2.75) is 52.5 Å². The molecule has 0 amide bonds. The minimum atomic E-state index is -0.756. The van der Waals surface area contributed by atoms with Gasteiger partial charge in [0.05, 0.1) is 23.5 Å². The summed E-state index contributed by atoms with van der Waals surface area (Å²) in [7, 11) is 0. The number of anilines is 1. The summed E-state index contributed by atoms with van der Waals surface area (Å²) >= 11 is 0. The first kappa shape index (κ1) is 24.9. The van der Waals surface area contributed by atoms with Crippen molar-refractivity contribution in [3.8, 4) is 0 Å². The van der Waals surface area contributed by atoms with E-state index in [1.807, 2.05) is 55.5 Å². The van der Waals surface area contributed by atoms with Gasteiger partial charge in [-0.1, -0.05) is 76.2 Å². The topological polar surface area (TPSA) is 79.3 Å². The quantitative estimate of drug-likeness (QED) is 0.162. The summed E-state index contributed by atoms with van der Waals surface area (Å²) in [6.45, 7) is 10.3. The van der Waals surface area contributed by atoms with Crippen molar-refractivity contribution in [1.29, 1.82) is 0 Å². The number of nitrogens with zero attached hydrogens (tertiary/aromatic N) is 1. The highest BCUT2D eigenvalue weighted by molar-refractivity contribution is 6.12. The molecule has 1 atom stereocenters. The molecule has 2 N–H and O–H groups in total. The first-order valence-corrected chi connectivity index (χ1v) is 11.5. The van der Waals surface area contributed by atoms with E-state index in [0.717, 1.165) is 22.4 Å². The van der Waals surface area contributed by atoms with Crippen LogP contribution in [0.5, 0.6) is 0 Å². The van der Waals surface area contributed by atoms with Gasteiger partial charge in [-0.2, -0.15) is 0 Å². The number of aromatic nitrogens is 1. The van der Waals surface area contributed by atoms with E-state index in [2.05, 4.69) is 38.0 Å². The summed E-state index contributed by atoms with van der Waals surface area (Å²) < 4.78 is 0. The Morgan fingerprint density at radius 1 is 0.853 bits per heavy atom. The molecule has 0 radical (unpaired) electrons.